The first-order valence-electron chi connectivity index (χ1n) is 6.82. The second-order valence-corrected chi connectivity index (χ2v) is 4.61. The number of benzene rings is 1. The maximum Gasteiger partial charge on any atom is 0.234 e. The summed E-state index contributed by atoms with van der Waals surface area (Å²) in [6.45, 7) is 3.25. The van der Waals surface area contributed by atoms with Crippen molar-refractivity contribution >= 4 is 5.91 Å². The van der Waals surface area contributed by atoms with Crippen molar-refractivity contribution in [3.8, 4) is 17.6 Å². The van der Waals surface area contributed by atoms with Crippen molar-refractivity contribution in [3.63, 3.8) is 0 Å². The van der Waals surface area contributed by atoms with E-state index in [1.807, 2.05) is 37.1 Å². The lowest BCUT2D eigenvalue weighted by molar-refractivity contribution is -0.121. The number of likely N-dealkylation sites (N-methyl/N-ethyl adjacent to an activating group) is 2. The lowest BCUT2D eigenvalue weighted by Crippen LogP contribution is -2.34. The van der Waals surface area contributed by atoms with Crippen LogP contribution in [0.25, 0.3) is 0 Å². The Balaban J connectivity index is 2.81. The largest absolute Gasteiger partial charge is 0.496 e. The monoisotopic (exact) mass is 290 g/mol. The molecule has 0 bridgehead atoms. The summed E-state index contributed by atoms with van der Waals surface area (Å²) in [6, 6.07) is 5.60. The number of aliphatic hydroxyl groups is 1. The molecule has 0 aromatic heterocycles. The van der Waals surface area contributed by atoms with Crippen molar-refractivity contribution in [2.45, 2.75) is 13.5 Å². The normalized spacial score (nSPS) is 9.95. The first kappa shape index (κ1) is 17.0. The molecular formula is C16H22N2O3. The van der Waals surface area contributed by atoms with Crippen LogP contribution in [0.1, 0.15) is 18.1 Å². The Kier molecular flexibility index (Phi) is 7.30. The van der Waals surface area contributed by atoms with E-state index >= 15 is 0 Å². The van der Waals surface area contributed by atoms with E-state index in [-0.39, 0.29) is 12.5 Å². The fraction of sp³-hybridized carbons (Fsp3) is 0.438. The molecule has 1 amide bonds. The van der Waals surface area contributed by atoms with Crippen LogP contribution in [-0.2, 0) is 11.3 Å². The summed E-state index contributed by atoms with van der Waals surface area (Å²) in [6.07, 6.45) is 0. The average Bonchev–Trinajstić information content (AvgIpc) is 2.45. The number of nitrogens with one attached hydrogen (secondary N) is 1. The number of hydrogen-bond acceptors (Lipinski definition) is 4. The number of ether oxygens (including phenoxy) is 1. The van der Waals surface area contributed by atoms with Gasteiger partial charge < -0.3 is 15.2 Å². The highest BCUT2D eigenvalue weighted by Gasteiger charge is 2.10. The van der Waals surface area contributed by atoms with Gasteiger partial charge in [0.05, 0.1) is 13.7 Å². The van der Waals surface area contributed by atoms with Gasteiger partial charge in [-0.25, -0.2) is 0 Å². The van der Waals surface area contributed by atoms with E-state index in [1.165, 1.54) is 0 Å². The molecule has 21 heavy (non-hydrogen) atoms. The predicted molar refractivity (Wildman–Crippen MR) is 82.0 cm³/mol. The molecule has 0 fully saturated rings. The fourth-order valence-electron chi connectivity index (χ4n) is 1.97. The van der Waals surface area contributed by atoms with Gasteiger partial charge in [0.25, 0.3) is 0 Å². The molecule has 0 atom stereocenters. The fourth-order valence-corrected chi connectivity index (χ4v) is 1.97. The number of carbonyl (C=O) groups excluding carboxylic acids is 1. The minimum absolute atomic E-state index is 0.00445. The minimum atomic E-state index is -0.168. The van der Waals surface area contributed by atoms with E-state index in [0.717, 1.165) is 16.9 Å². The molecule has 0 saturated heterocycles. The molecule has 0 saturated carbocycles. The summed E-state index contributed by atoms with van der Waals surface area (Å²) in [7, 11) is 3.49. The summed E-state index contributed by atoms with van der Waals surface area (Å²) in [5.41, 5.74) is 1.76. The lowest BCUT2D eigenvalue weighted by Gasteiger charge is -2.18. The minimum Gasteiger partial charge on any atom is -0.496 e. The summed E-state index contributed by atoms with van der Waals surface area (Å²) in [5.74, 6) is 6.24. The number of methoxy groups -OCH3 is 1. The summed E-state index contributed by atoms with van der Waals surface area (Å²) < 4.78 is 5.33. The third-order valence-corrected chi connectivity index (χ3v) is 2.82. The second kappa shape index (κ2) is 9.01. The van der Waals surface area contributed by atoms with E-state index in [2.05, 4.69) is 17.2 Å². The van der Waals surface area contributed by atoms with Crippen molar-refractivity contribution in [1.82, 2.24) is 10.2 Å². The molecule has 1 aromatic rings. The van der Waals surface area contributed by atoms with Crippen molar-refractivity contribution in [2.24, 2.45) is 0 Å². The predicted octanol–water partition coefficient (Wildman–Crippen LogP) is 0.607. The highest BCUT2D eigenvalue weighted by molar-refractivity contribution is 5.77. The van der Waals surface area contributed by atoms with Gasteiger partial charge in [0.15, 0.2) is 0 Å². The smallest absolute Gasteiger partial charge is 0.234 e. The molecule has 5 heteroatoms. The maximum atomic E-state index is 11.6. The molecule has 5 nitrogen and oxygen atoms in total. The number of hydrogen-bond donors (Lipinski definition) is 2. The van der Waals surface area contributed by atoms with Gasteiger partial charge in [-0.2, -0.15) is 0 Å². The molecule has 0 aliphatic carbocycles. The van der Waals surface area contributed by atoms with Gasteiger partial charge in [-0.3, -0.25) is 9.69 Å². The van der Waals surface area contributed by atoms with Gasteiger partial charge in [-0.1, -0.05) is 11.8 Å². The Morgan fingerprint density at radius 2 is 2.24 bits per heavy atom. The number of amides is 1. The van der Waals surface area contributed by atoms with E-state index < -0.39 is 0 Å². The highest BCUT2D eigenvalue weighted by atomic mass is 16.5. The zero-order valence-corrected chi connectivity index (χ0v) is 12.8. The van der Waals surface area contributed by atoms with Crippen LogP contribution in [0.3, 0.4) is 0 Å². The van der Waals surface area contributed by atoms with Crippen LogP contribution in [0.5, 0.6) is 5.75 Å². The van der Waals surface area contributed by atoms with Gasteiger partial charge in [0, 0.05) is 24.2 Å². The number of nitrogens with zero attached hydrogens (tertiary/aromatic N) is 1. The van der Waals surface area contributed by atoms with Crippen molar-refractivity contribution in [3.05, 3.63) is 29.3 Å². The molecule has 0 heterocycles. The quantitative estimate of drug-likeness (QED) is 0.754. The summed E-state index contributed by atoms with van der Waals surface area (Å²) >= 11 is 0. The Bertz CT molecular complexity index is 532. The Morgan fingerprint density at radius 3 is 2.86 bits per heavy atom. The van der Waals surface area contributed by atoms with Gasteiger partial charge in [-0.15, -0.1) is 0 Å². The van der Waals surface area contributed by atoms with Gasteiger partial charge in [-0.05, 0) is 32.2 Å². The maximum absolute atomic E-state index is 11.6. The van der Waals surface area contributed by atoms with E-state index in [1.54, 1.807) is 7.11 Å². The van der Waals surface area contributed by atoms with Crippen molar-refractivity contribution in [1.29, 1.82) is 0 Å². The number of carbonyl (C=O) groups is 1. The number of rotatable bonds is 6. The zero-order valence-electron chi connectivity index (χ0n) is 12.8. The van der Waals surface area contributed by atoms with Crippen LogP contribution >= 0.6 is 0 Å². The molecule has 0 aliphatic rings. The Hall–Kier alpha value is -2.03. The molecule has 1 rings (SSSR count). The Morgan fingerprint density at radius 1 is 1.48 bits per heavy atom. The third-order valence-electron chi connectivity index (χ3n) is 2.82. The molecule has 1 aromatic carbocycles. The topological polar surface area (TPSA) is 61.8 Å². The molecule has 0 aliphatic heterocycles. The first-order chi connectivity index (χ1) is 10.1. The second-order valence-electron chi connectivity index (χ2n) is 4.61. The van der Waals surface area contributed by atoms with E-state index in [9.17, 15) is 4.79 Å². The molecule has 2 N–H and O–H groups in total. The van der Waals surface area contributed by atoms with Gasteiger partial charge >= 0.3 is 0 Å². The van der Waals surface area contributed by atoms with Crippen LogP contribution in [0.15, 0.2) is 18.2 Å². The molecule has 0 unspecified atom stereocenters. The van der Waals surface area contributed by atoms with Gasteiger partial charge in [0.2, 0.25) is 5.91 Å². The number of aliphatic hydroxyl groups excluding tert-OH is 1. The van der Waals surface area contributed by atoms with Gasteiger partial charge in [0.1, 0.15) is 12.4 Å². The SMILES string of the molecule is CCNC(=O)CN(C)Cc1cc(C#CCO)ccc1OC. The summed E-state index contributed by atoms with van der Waals surface area (Å²) in [5, 5.41) is 11.5. The van der Waals surface area contributed by atoms with Crippen LogP contribution in [0.2, 0.25) is 0 Å². The van der Waals surface area contributed by atoms with E-state index in [0.29, 0.717) is 19.6 Å². The van der Waals surface area contributed by atoms with Crippen molar-refractivity contribution in [2.75, 3.05) is 33.9 Å². The van der Waals surface area contributed by atoms with Crippen LogP contribution < -0.4 is 10.1 Å². The van der Waals surface area contributed by atoms with Crippen molar-refractivity contribution < 1.29 is 14.6 Å². The highest BCUT2D eigenvalue weighted by Crippen LogP contribution is 2.21. The molecule has 114 valence electrons. The molecule has 0 spiro atoms. The average molecular weight is 290 g/mol. The van der Waals surface area contributed by atoms with Crippen LogP contribution in [0, 0.1) is 11.8 Å². The first-order valence-corrected chi connectivity index (χ1v) is 6.82. The van der Waals surface area contributed by atoms with Crippen LogP contribution in [-0.4, -0.2) is 49.8 Å². The van der Waals surface area contributed by atoms with Crippen LogP contribution in [0.4, 0.5) is 0 Å². The molecular weight excluding hydrogens is 268 g/mol. The molecule has 0 radical (unpaired) electrons. The van der Waals surface area contributed by atoms with E-state index in [4.69, 9.17) is 9.84 Å². The third kappa shape index (κ3) is 5.86. The lowest BCUT2D eigenvalue weighted by atomic mass is 10.1. The summed E-state index contributed by atoms with van der Waals surface area (Å²) in [4.78, 5) is 13.5. The zero-order chi connectivity index (χ0) is 15.7. The Labute approximate surface area is 125 Å². The standard InChI is InChI=1S/C16H22N2O3/c1-4-17-16(20)12-18(2)11-14-10-13(6-5-9-19)7-8-15(14)21-3/h7-8,10,19H,4,9,11-12H2,1-3H3,(H,17,20).